The van der Waals surface area contributed by atoms with Gasteiger partial charge in [-0.25, -0.2) is 0 Å². The van der Waals surface area contributed by atoms with Gasteiger partial charge in [0.25, 0.3) is 0 Å². The lowest BCUT2D eigenvalue weighted by molar-refractivity contribution is -0.141. The number of hydrogen-bond donors (Lipinski definition) is 0. The Hall–Kier alpha value is -1.36. The van der Waals surface area contributed by atoms with Gasteiger partial charge in [-0.3, -0.25) is 9.69 Å². The van der Waals surface area contributed by atoms with E-state index < -0.39 is 0 Å². The molecule has 2 aliphatic rings. The Balaban J connectivity index is 1.56. The van der Waals surface area contributed by atoms with Crippen molar-refractivity contribution >= 4 is 28.8 Å². The molecule has 4 rings (SSSR count). The van der Waals surface area contributed by atoms with Crippen LogP contribution in [0.25, 0.3) is 0 Å². The highest BCUT2D eigenvalue weighted by Gasteiger charge is 2.48. The number of benzene rings is 1. The molecule has 3 atom stereocenters. The first-order valence-electron chi connectivity index (χ1n) is 10.1. The number of carbonyl (C=O) groups excluding carboxylic acids is 1. The highest BCUT2D eigenvalue weighted by molar-refractivity contribution is 7.08. The zero-order valence-electron chi connectivity index (χ0n) is 16.9. The monoisotopic (exact) mass is 416 g/mol. The first kappa shape index (κ1) is 19.9. The topological polar surface area (TPSA) is 23.6 Å². The van der Waals surface area contributed by atoms with Crippen molar-refractivity contribution in [2.45, 2.75) is 45.7 Å². The van der Waals surface area contributed by atoms with Gasteiger partial charge in [-0.1, -0.05) is 50.6 Å². The van der Waals surface area contributed by atoms with Crippen LogP contribution in [0.15, 0.2) is 41.1 Å². The number of likely N-dealkylation sites (tertiary alicyclic amines) is 2. The van der Waals surface area contributed by atoms with Crippen LogP contribution >= 0.6 is 22.9 Å². The van der Waals surface area contributed by atoms with Gasteiger partial charge in [-0.05, 0) is 40.4 Å². The van der Waals surface area contributed by atoms with Gasteiger partial charge in [-0.15, -0.1) is 0 Å². The number of carbonyl (C=O) groups is 1. The molecule has 0 spiro atoms. The van der Waals surface area contributed by atoms with Gasteiger partial charge >= 0.3 is 0 Å². The number of thiophene rings is 1. The number of piperidine rings is 1. The van der Waals surface area contributed by atoms with Crippen molar-refractivity contribution < 1.29 is 4.79 Å². The van der Waals surface area contributed by atoms with E-state index in [0.29, 0.717) is 23.8 Å². The Morgan fingerprint density at radius 2 is 2.00 bits per heavy atom. The number of amides is 1. The highest BCUT2D eigenvalue weighted by atomic mass is 35.5. The second kappa shape index (κ2) is 7.81. The molecule has 0 unspecified atom stereocenters. The smallest absolute Gasteiger partial charge is 0.228 e. The SMILES string of the molecule is CC(C)(C)C(=O)N1C[C@H](c2ccsc2)[C@H]2CN(Cc3ccccc3Cl)CC[C@H]21. The van der Waals surface area contributed by atoms with Crippen molar-refractivity contribution in [2.24, 2.45) is 11.3 Å². The van der Waals surface area contributed by atoms with Crippen LogP contribution in [0.4, 0.5) is 0 Å². The molecule has 1 aromatic heterocycles. The fourth-order valence-electron chi connectivity index (χ4n) is 4.82. The predicted molar refractivity (Wildman–Crippen MR) is 117 cm³/mol. The van der Waals surface area contributed by atoms with E-state index >= 15 is 0 Å². The summed E-state index contributed by atoms with van der Waals surface area (Å²) in [6, 6.07) is 10.7. The van der Waals surface area contributed by atoms with Gasteiger partial charge < -0.3 is 4.90 Å². The molecule has 1 amide bonds. The standard InChI is InChI=1S/C23H29ClN2OS/c1-23(2,3)22(27)26-14-18(17-9-11-28-15-17)19-13-25(10-8-21(19)26)12-16-6-4-5-7-20(16)24/h4-7,9,11,15,18-19,21H,8,10,12-14H2,1-3H3/t18-,19-,21-/m1/s1. The van der Waals surface area contributed by atoms with Crippen molar-refractivity contribution in [2.75, 3.05) is 19.6 Å². The molecule has 1 aromatic carbocycles. The van der Waals surface area contributed by atoms with Crippen molar-refractivity contribution in [1.82, 2.24) is 9.80 Å². The molecule has 2 aliphatic heterocycles. The molecule has 2 aromatic rings. The summed E-state index contributed by atoms with van der Waals surface area (Å²) >= 11 is 8.15. The van der Waals surface area contributed by atoms with Crippen LogP contribution in [-0.4, -0.2) is 41.4 Å². The fraction of sp³-hybridized carbons (Fsp3) is 0.522. The Bertz CT molecular complexity index is 829. The molecule has 2 fully saturated rings. The van der Waals surface area contributed by atoms with Crippen LogP contribution in [0.1, 0.15) is 44.2 Å². The van der Waals surface area contributed by atoms with E-state index in [1.54, 1.807) is 11.3 Å². The van der Waals surface area contributed by atoms with Crippen LogP contribution in [0.2, 0.25) is 5.02 Å². The van der Waals surface area contributed by atoms with Crippen LogP contribution in [-0.2, 0) is 11.3 Å². The minimum Gasteiger partial charge on any atom is -0.338 e. The van der Waals surface area contributed by atoms with Gasteiger partial charge in [0.1, 0.15) is 0 Å². The molecule has 0 saturated carbocycles. The third-order valence-electron chi connectivity index (χ3n) is 6.24. The van der Waals surface area contributed by atoms with Gasteiger partial charge in [0.05, 0.1) is 0 Å². The molecular weight excluding hydrogens is 388 g/mol. The summed E-state index contributed by atoms with van der Waals surface area (Å²) in [6.45, 7) is 9.87. The number of fused-ring (bicyclic) bond motifs is 1. The number of halogens is 1. The summed E-state index contributed by atoms with van der Waals surface area (Å²) in [7, 11) is 0. The van der Waals surface area contributed by atoms with Gasteiger partial charge in [0, 0.05) is 54.5 Å². The van der Waals surface area contributed by atoms with Crippen molar-refractivity contribution in [3.8, 4) is 0 Å². The summed E-state index contributed by atoms with van der Waals surface area (Å²) in [6.07, 6.45) is 1.04. The van der Waals surface area contributed by atoms with E-state index in [4.69, 9.17) is 11.6 Å². The first-order valence-corrected chi connectivity index (χ1v) is 11.5. The third kappa shape index (κ3) is 3.87. The lowest BCUT2D eigenvalue weighted by atomic mass is 9.82. The van der Waals surface area contributed by atoms with Crippen molar-refractivity contribution in [3.05, 3.63) is 57.2 Å². The van der Waals surface area contributed by atoms with E-state index in [1.165, 1.54) is 11.1 Å². The number of nitrogens with zero attached hydrogens (tertiary/aromatic N) is 2. The van der Waals surface area contributed by atoms with Crippen LogP contribution in [0.5, 0.6) is 0 Å². The minimum absolute atomic E-state index is 0.291. The van der Waals surface area contributed by atoms with Crippen LogP contribution in [0.3, 0.4) is 0 Å². The van der Waals surface area contributed by atoms with Crippen LogP contribution in [0, 0.1) is 11.3 Å². The molecule has 28 heavy (non-hydrogen) atoms. The lowest BCUT2D eigenvalue weighted by Gasteiger charge is -2.40. The zero-order valence-corrected chi connectivity index (χ0v) is 18.5. The predicted octanol–water partition coefficient (Wildman–Crippen LogP) is 5.26. The van der Waals surface area contributed by atoms with Gasteiger partial charge in [0.2, 0.25) is 5.91 Å². The summed E-state index contributed by atoms with van der Waals surface area (Å²) < 4.78 is 0. The summed E-state index contributed by atoms with van der Waals surface area (Å²) in [4.78, 5) is 17.9. The largest absolute Gasteiger partial charge is 0.338 e. The van der Waals surface area contributed by atoms with Crippen molar-refractivity contribution in [1.29, 1.82) is 0 Å². The van der Waals surface area contributed by atoms with Gasteiger partial charge in [-0.2, -0.15) is 11.3 Å². The molecule has 150 valence electrons. The Morgan fingerprint density at radius 3 is 2.68 bits per heavy atom. The Labute approximate surface area is 177 Å². The number of rotatable bonds is 3. The molecule has 0 aliphatic carbocycles. The van der Waals surface area contributed by atoms with E-state index in [9.17, 15) is 4.79 Å². The van der Waals surface area contributed by atoms with Gasteiger partial charge in [0.15, 0.2) is 0 Å². The van der Waals surface area contributed by atoms with E-state index in [2.05, 4.69) is 38.8 Å². The second-order valence-electron chi connectivity index (χ2n) is 9.22. The zero-order chi connectivity index (χ0) is 19.9. The van der Waals surface area contributed by atoms with Crippen molar-refractivity contribution in [3.63, 3.8) is 0 Å². The molecule has 5 heteroatoms. The molecule has 2 saturated heterocycles. The molecule has 0 bridgehead atoms. The average Bonchev–Trinajstić information content (AvgIpc) is 3.29. The fourth-order valence-corrected chi connectivity index (χ4v) is 5.74. The first-order chi connectivity index (χ1) is 13.3. The minimum atomic E-state index is -0.331. The second-order valence-corrected chi connectivity index (χ2v) is 10.4. The van der Waals surface area contributed by atoms with E-state index in [0.717, 1.165) is 37.6 Å². The maximum Gasteiger partial charge on any atom is 0.228 e. The highest BCUT2D eigenvalue weighted by Crippen LogP contribution is 2.43. The molecule has 3 nitrogen and oxygen atoms in total. The molecule has 0 N–H and O–H groups in total. The van der Waals surface area contributed by atoms with Crippen LogP contribution < -0.4 is 0 Å². The van der Waals surface area contributed by atoms with E-state index in [-0.39, 0.29) is 5.41 Å². The summed E-state index contributed by atoms with van der Waals surface area (Å²) in [5, 5.41) is 5.26. The normalized spacial score (nSPS) is 25.7. The van der Waals surface area contributed by atoms with E-state index in [1.807, 2.05) is 32.9 Å². The average molecular weight is 417 g/mol. The summed E-state index contributed by atoms with van der Waals surface area (Å²) in [5.74, 6) is 1.20. The summed E-state index contributed by atoms with van der Waals surface area (Å²) in [5.41, 5.74) is 2.25. The Morgan fingerprint density at radius 1 is 1.21 bits per heavy atom. The Kier molecular flexibility index (Phi) is 5.56. The molecule has 3 heterocycles. The number of hydrogen-bond acceptors (Lipinski definition) is 3. The quantitative estimate of drug-likeness (QED) is 0.680. The third-order valence-corrected chi connectivity index (χ3v) is 7.31. The lowest BCUT2D eigenvalue weighted by Crippen LogP contribution is -2.49. The maximum atomic E-state index is 13.2. The molecular formula is C23H29ClN2OS. The molecule has 0 radical (unpaired) electrons. The maximum absolute atomic E-state index is 13.2.